The van der Waals surface area contributed by atoms with Gasteiger partial charge in [-0.25, -0.2) is 13.2 Å². The van der Waals surface area contributed by atoms with Gasteiger partial charge in [-0.3, -0.25) is 0 Å². The fraction of sp³-hybridized carbons (Fsp3) is 0.519. The molecule has 11 heteroatoms. The minimum atomic E-state index is -5.46. The number of amides is 1. The predicted octanol–water partition coefficient (Wildman–Crippen LogP) is 2.38. The molecule has 4 N–H and O–H groups in total. The molecule has 0 bridgehead atoms. The number of carbonyl (C=O) groups is 1. The number of benzene rings is 2. The summed E-state index contributed by atoms with van der Waals surface area (Å²) in [7, 11) is -5.46. The second-order valence-electron chi connectivity index (χ2n) is 8.01. The Morgan fingerprint density at radius 2 is 2.05 bits per heavy atom. The number of sulfonamides is 1. The number of carbonyl (C=O) groups excluding carboxylic acids is 1. The third-order valence-corrected chi connectivity index (χ3v) is 6.99. The van der Waals surface area contributed by atoms with E-state index in [2.05, 4.69) is 4.74 Å². The van der Waals surface area contributed by atoms with Gasteiger partial charge in [0.2, 0.25) is 10.0 Å². The first kappa shape index (κ1) is 13.1. The van der Waals surface area contributed by atoms with Crippen LogP contribution in [0.15, 0.2) is 59.5 Å². The number of aliphatic hydroxyl groups excluding tert-OH is 1. The van der Waals surface area contributed by atoms with Crippen molar-refractivity contribution < 1.29 is 57.2 Å². The van der Waals surface area contributed by atoms with E-state index >= 15 is 0 Å². The van der Waals surface area contributed by atoms with E-state index in [1.807, 2.05) is 5.32 Å². The molecule has 2 fully saturated rings. The summed E-state index contributed by atoms with van der Waals surface area (Å²) in [5.74, 6) is -8.09. The number of fused-ring (bicyclic) bond motifs is 1. The standard InChI is InChI=1S/C27H37N3O7S/c1-18(2)15-30(38(33,34)21-10-8-20(28)9-11-21)16-24(31)23(14-19-6-4-3-5-7-19)29-27(32)37-25-17-36-26-22(25)12-13-35-26/h3-11,18,22-26,31H,12-17,28H2,1-2H3,(H,29,32)/t22-,23-,24+,25-,26+/m0/s1/i1D3,2D3,12D2,13D2,15D2,17D2,18D,22D,25D,26D. The summed E-state index contributed by atoms with van der Waals surface area (Å²) in [6, 6.07) is 9.17. The van der Waals surface area contributed by atoms with Crippen LogP contribution in [0, 0.1) is 11.8 Å². The van der Waals surface area contributed by atoms with Crippen molar-refractivity contribution in [1.82, 2.24) is 9.62 Å². The molecule has 0 aromatic heterocycles. The molecule has 2 heterocycles. The molecule has 2 saturated heterocycles. The van der Waals surface area contributed by atoms with Crippen molar-refractivity contribution in [1.29, 1.82) is 0 Å². The van der Waals surface area contributed by atoms with Crippen molar-refractivity contribution in [2.75, 3.05) is 31.9 Å². The normalized spacial score (nSPS) is 40.9. The van der Waals surface area contributed by atoms with E-state index in [4.69, 9.17) is 39.9 Å². The average Bonchev–Trinajstić information content (AvgIpc) is 3.22. The van der Waals surface area contributed by atoms with Gasteiger partial charge in [-0.2, -0.15) is 4.31 Å². The zero-order chi connectivity index (χ0) is 43.1. The van der Waals surface area contributed by atoms with Crippen molar-refractivity contribution >= 4 is 21.8 Å². The van der Waals surface area contributed by atoms with Gasteiger partial charge in [-0.1, -0.05) is 44.0 Å². The number of nitrogens with zero attached hydrogens (tertiary/aromatic N) is 1. The maximum Gasteiger partial charge on any atom is 0.407 e. The summed E-state index contributed by atoms with van der Waals surface area (Å²) < 4.78 is 190. The Labute approximate surface area is 249 Å². The highest BCUT2D eigenvalue weighted by Crippen LogP contribution is 2.33. The van der Waals surface area contributed by atoms with Crippen molar-refractivity contribution in [2.45, 2.75) is 55.9 Å². The number of ether oxygens (including phenoxy) is 3. The summed E-state index contributed by atoms with van der Waals surface area (Å²) in [6.45, 7) is -21.3. The van der Waals surface area contributed by atoms with Crippen molar-refractivity contribution in [2.24, 2.45) is 11.8 Å². The van der Waals surface area contributed by atoms with E-state index < -0.39 is 110 Å². The van der Waals surface area contributed by atoms with E-state index in [1.165, 1.54) is 24.3 Å². The molecule has 0 saturated carbocycles. The van der Waals surface area contributed by atoms with Crippen LogP contribution in [0.4, 0.5) is 10.5 Å². The van der Waals surface area contributed by atoms with Crippen LogP contribution in [0.25, 0.3) is 0 Å². The quantitative estimate of drug-likeness (QED) is 0.353. The summed E-state index contributed by atoms with van der Waals surface area (Å²) in [5, 5.41) is 13.6. The third-order valence-electron chi connectivity index (χ3n) is 5.31. The number of nitrogen functional groups attached to an aromatic ring is 1. The highest BCUT2D eigenvalue weighted by Gasteiger charge is 2.44. The molecule has 1 amide bonds. The predicted molar refractivity (Wildman–Crippen MR) is 142 cm³/mol. The highest BCUT2D eigenvalue weighted by atomic mass is 32.2. The van der Waals surface area contributed by atoms with Gasteiger partial charge in [-0.15, -0.1) is 0 Å². The number of hydrogen-bond acceptors (Lipinski definition) is 8. The number of alkyl carbamates (subject to hydrolysis) is 1. The highest BCUT2D eigenvalue weighted by molar-refractivity contribution is 7.89. The second-order valence-corrected chi connectivity index (χ2v) is 9.88. The topological polar surface area (TPSA) is 140 Å². The molecule has 0 unspecified atom stereocenters. The van der Waals surface area contributed by atoms with Crippen LogP contribution in [-0.2, 0) is 30.7 Å². The van der Waals surface area contributed by atoms with Crippen LogP contribution in [0.1, 0.15) is 50.3 Å². The molecule has 2 aliphatic heterocycles. The maximum absolute atomic E-state index is 14.1. The lowest BCUT2D eigenvalue weighted by Crippen LogP contribution is -2.51. The smallest absolute Gasteiger partial charge is 0.407 e. The number of nitrogens with one attached hydrogen (secondary N) is 1. The third kappa shape index (κ3) is 7.03. The number of hydrogen-bond donors (Lipinski definition) is 3. The van der Waals surface area contributed by atoms with Gasteiger partial charge in [0.05, 0.1) is 44.3 Å². The van der Waals surface area contributed by atoms with Crippen LogP contribution < -0.4 is 11.1 Å². The average molecular weight is 566 g/mol. The first-order valence-electron chi connectivity index (χ1n) is 20.0. The number of nitrogens with two attached hydrogens (primary N) is 1. The Bertz CT molecular complexity index is 1890. The summed E-state index contributed by atoms with van der Waals surface area (Å²) >= 11 is 0. The molecule has 5 atom stereocenters. The number of aliphatic hydroxyl groups is 1. The summed E-state index contributed by atoms with van der Waals surface area (Å²) in [4.78, 5) is 12.8. The molecule has 0 spiro atoms. The van der Waals surface area contributed by atoms with Crippen LogP contribution in [0.5, 0.6) is 0 Å². The first-order chi connectivity index (χ1) is 25.0. The van der Waals surface area contributed by atoms with Gasteiger partial charge in [0.1, 0.15) is 6.08 Å². The largest absolute Gasteiger partial charge is 0.443 e. The molecule has 10 nitrogen and oxygen atoms in total. The summed E-state index contributed by atoms with van der Waals surface area (Å²) in [5.41, 5.74) is 5.90. The number of rotatable bonds is 11. The minimum Gasteiger partial charge on any atom is -0.443 e. The lowest BCUT2D eigenvalue weighted by Gasteiger charge is -2.31. The molecular weight excluding hydrogens is 510 g/mol. The van der Waals surface area contributed by atoms with Crippen molar-refractivity contribution in [3.05, 3.63) is 60.2 Å². The van der Waals surface area contributed by atoms with Gasteiger partial charge < -0.3 is 30.4 Å². The molecule has 2 aromatic rings. The van der Waals surface area contributed by atoms with E-state index in [0.717, 1.165) is 24.3 Å². The molecule has 0 aliphatic carbocycles. The van der Waals surface area contributed by atoms with E-state index in [0.29, 0.717) is 0 Å². The second kappa shape index (κ2) is 12.4. The van der Waals surface area contributed by atoms with Crippen LogP contribution in [0.2, 0.25) is 0 Å². The Balaban J connectivity index is 1.83. The molecule has 2 aromatic carbocycles. The van der Waals surface area contributed by atoms with E-state index in [-0.39, 0.29) is 15.6 Å². The number of anilines is 1. The Morgan fingerprint density at radius 3 is 2.76 bits per heavy atom. The zero-order valence-corrected chi connectivity index (χ0v) is 20.4. The Hall–Kier alpha value is -2.70. The lowest BCUT2D eigenvalue weighted by molar-refractivity contribution is -0.0907. The molecule has 2 aliphatic rings. The van der Waals surface area contributed by atoms with E-state index in [1.54, 1.807) is 6.07 Å². The molecular formula is C27H37N3O7S. The van der Waals surface area contributed by atoms with Crippen LogP contribution in [-0.4, -0.2) is 74.6 Å². The zero-order valence-electron chi connectivity index (χ0n) is 37.6. The van der Waals surface area contributed by atoms with Gasteiger partial charge >= 0.3 is 6.09 Å². The molecule has 208 valence electrons. The molecule has 38 heavy (non-hydrogen) atoms. The van der Waals surface area contributed by atoms with Gasteiger partial charge in [0.15, 0.2) is 6.27 Å². The maximum atomic E-state index is 14.1. The fourth-order valence-electron chi connectivity index (χ4n) is 3.48. The SMILES string of the molecule is [2H]C([2H])([2H])C([2H])(C([2H])([2H])[2H])C([2H])([2H])N(C[C@@H](O)[C@H](Cc1ccccc1)NC(=O)O[C@@]1([2H])C([2H])([2H])O[C@@]2([2H])OC([2H])([2H])C([2H])([2H])[C@]21[2H])S(=O)(=O)c1ccc(N)cc1. The first-order valence-corrected chi connectivity index (χ1v) is 12.4. The molecule has 0 radical (unpaired) electrons. The van der Waals surface area contributed by atoms with Crippen LogP contribution in [0.3, 0.4) is 0 Å². The lowest BCUT2D eigenvalue weighted by atomic mass is 10.0. The van der Waals surface area contributed by atoms with Crippen molar-refractivity contribution in [3.63, 3.8) is 0 Å². The fourth-order valence-corrected chi connectivity index (χ4v) is 4.77. The van der Waals surface area contributed by atoms with Gasteiger partial charge in [-0.05, 0) is 48.5 Å². The van der Waals surface area contributed by atoms with E-state index in [9.17, 15) is 18.3 Å². The van der Waals surface area contributed by atoms with Gasteiger partial charge in [0, 0.05) is 35.2 Å². The Morgan fingerprint density at radius 1 is 1.32 bits per heavy atom. The monoisotopic (exact) mass is 565 g/mol. The minimum absolute atomic E-state index is 0.0127. The Kier molecular flexibility index (Phi) is 4.29. The van der Waals surface area contributed by atoms with Gasteiger partial charge in [0.25, 0.3) is 0 Å². The molecule has 4 rings (SSSR count). The summed E-state index contributed by atoms with van der Waals surface area (Å²) in [6.07, 6.45) is -16.4. The van der Waals surface area contributed by atoms with Crippen LogP contribution >= 0.6 is 0 Å². The van der Waals surface area contributed by atoms with Crippen molar-refractivity contribution in [3.8, 4) is 0 Å².